The molecule has 1 aromatic carbocycles. The Bertz CT molecular complexity index is 444. The molecular weight excluding hydrogens is 309 g/mol. The molecule has 1 N–H and O–H groups in total. The fourth-order valence-corrected chi connectivity index (χ4v) is 3.16. The molecule has 2 nitrogen and oxygen atoms in total. The maximum atomic E-state index is 13.1. The Labute approximate surface area is 122 Å². The van der Waals surface area contributed by atoms with Crippen molar-refractivity contribution in [2.75, 3.05) is 13.1 Å². The van der Waals surface area contributed by atoms with E-state index in [1.165, 1.54) is 25.0 Å². The van der Waals surface area contributed by atoms with Gasteiger partial charge in [0.05, 0.1) is 6.10 Å². The highest BCUT2D eigenvalue weighted by atomic mass is 79.9. The van der Waals surface area contributed by atoms with Crippen LogP contribution < -0.4 is 0 Å². The molecule has 2 rings (SSSR count). The van der Waals surface area contributed by atoms with E-state index in [0.29, 0.717) is 6.42 Å². The predicted octanol–water partition coefficient (Wildman–Crippen LogP) is 3.37. The van der Waals surface area contributed by atoms with Gasteiger partial charge in [-0.3, -0.25) is 4.90 Å². The highest BCUT2D eigenvalue weighted by Crippen LogP contribution is 2.28. The Morgan fingerprint density at radius 2 is 2.00 bits per heavy atom. The second-order valence-electron chi connectivity index (χ2n) is 5.80. The van der Waals surface area contributed by atoms with Crippen LogP contribution in [0, 0.1) is 5.82 Å². The average Bonchev–Trinajstić information content (AvgIpc) is 2.86. The van der Waals surface area contributed by atoms with Gasteiger partial charge in [0.15, 0.2) is 0 Å². The first kappa shape index (κ1) is 14.9. The molecule has 1 unspecified atom stereocenters. The largest absolute Gasteiger partial charge is 0.391 e. The summed E-state index contributed by atoms with van der Waals surface area (Å²) in [5.74, 6) is -0.260. The van der Waals surface area contributed by atoms with Gasteiger partial charge >= 0.3 is 0 Å². The Morgan fingerprint density at radius 1 is 1.37 bits per heavy atom. The quantitative estimate of drug-likeness (QED) is 0.915. The Kier molecular flexibility index (Phi) is 4.64. The number of aliphatic hydroxyl groups excluding tert-OH is 1. The molecule has 1 atom stereocenters. The third-order valence-corrected chi connectivity index (χ3v) is 4.90. The maximum absolute atomic E-state index is 13.1. The van der Waals surface area contributed by atoms with Gasteiger partial charge in [0.1, 0.15) is 5.82 Å². The molecule has 1 heterocycles. The highest BCUT2D eigenvalue weighted by Gasteiger charge is 2.35. The molecule has 106 valence electrons. The van der Waals surface area contributed by atoms with E-state index < -0.39 is 6.10 Å². The van der Waals surface area contributed by atoms with Gasteiger partial charge < -0.3 is 5.11 Å². The summed E-state index contributed by atoms with van der Waals surface area (Å²) in [6.45, 7) is 6.27. The van der Waals surface area contributed by atoms with Crippen molar-refractivity contribution in [2.45, 2.75) is 44.8 Å². The molecule has 19 heavy (non-hydrogen) atoms. The zero-order chi connectivity index (χ0) is 14.0. The van der Waals surface area contributed by atoms with E-state index in [-0.39, 0.29) is 11.4 Å². The van der Waals surface area contributed by atoms with Gasteiger partial charge in [0, 0.05) is 16.4 Å². The van der Waals surface area contributed by atoms with E-state index in [1.54, 1.807) is 6.07 Å². The Hall–Kier alpha value is -0.450. The molecule has 1 aliphatic heterocycles. The van der Waals surface area contributed by atoms with Crippen LogP contribution in [0.5, 0.6) is 0 Å². The lowest BCUT2D eigenvalue weighted by Crippen LogP contribution is -2.51. The molecule has 1 aliphatic rings. The van der Waals surface area contributed by atoms with Crippen molar-refractivity contribution < 1.29 is 9.50 Å². The second kappa shape index (κ2) is 5.90. The number of nitrogens with zero attached hydrogens (tertiary/aromatic N) is 1. The first-order valence-electron chi connectivity index (χ1n) is 6.78. The van der Waals surface area contributed by atoms with Gasteiger partial charge in [0.25, 0.3) is 0 Å². The molecule has 1 saturated heterocycles. The van der Waals surface area contributed by atoms with E-state index >= 15 is 0 Å². The minimum absolute atomic E-state index is 0.246. The summed E-state index contributed by atoms with van der Waals surface area (Å²) in [5.41, 5.74) is 0.700. The minimum atomic E-state index is -0.465. The third-order valence-electron chi connectivity index (χ3n) is 4.16. The van der Waals surface area contributed by atoms with Crippen LogP contribution in [-0.4, -0.2) is 34.7 Å². The SMILES string of the molecule is CC(C)(C(O)Cc1ccc(F)cc1Br)N1CCCC1. The van der Waals surface area contributed by atoms with E-state index in [0.717, 1.165) is 23.1 Å². The van der Waals surface area contributed by atoms with Crippen molar-refractivity contribution in [3.63, 3.8) is 0 Å². The fourth-order valence-electron chi connectivity index (χ4n) is 2.65. The van der Waals surface area contributed by atoms with Crippen LogP contribution in [0.4, 0.5) is 4.39 Å². The van der Waals surface area contributed by atoms with Crippen LogP contribution in [0.1, 0.15) is 32.3 Å². The summed E-state index contributed by atoms with van der Waals surface area (Å²) in [4.78, 5) is 2.34. The number of likely N-dealkylation sites (tertiary alicyclic amines) is 1. The average molecular weight is 330 g/mol. The minimum Gasteiger partial charge on any atom is -0.391 e. The van der Waals surface area contributed by atoms with Gasteiger partial charge in [0.2, 0.25) is 0 Å². The standard InChI is InChI=1S/C15H21BrFNO/c1-15(2,18-7-3-4-8-18)14(19)9-11-5-6-12(17)10-13(11)16/h5-6,10,14,19H,3-4,7-9H2,1-2H3. The van der Waals surface area contributed by atoms with Crippen LogP contribution in [0.25, 0.3) is 0 Å². The first-order valence-corrected chi connectivity index (χ1v) is 7.57. The number of halogens is 2. The molecule has 0 amide bonds. The van der Waals surface area contributed by atoms with Crippen LogP contribution in [0.2, 0.25) is 0 Å². The summed E-state index contributed by atoms with van der Waals surface area (Å²) in [7, 11) is 0. The van der Waals surface area contributed by atoms with Gasteiger partial charge in [-0.1, -0.05) is 22.0 Å². The molecule has 0 bridgehead atoms. The summed E-state index contributed by atoms with van der Waals surface area (Å²) in [5, 5.41) is 10.5. The molecule has 0 radical (unpaired) electrons. The lowest BCUT2D eigenvalue weighted by Gasteiger charge is -2.39. The van der Waals surface area contributed by atoms with Gasteiger partial charge in [-0.15, -0.1) is 0 Å². The van der Waals surface area contributed by atoms with Crippen LogP contribution in [0.3, 0.4) is 0 Å². The fraction of sp³-hybridized carbons (Fsp3) is 0.600. The van der Waals surface area contributed by atoms with Crippen LogP contribution >= 0.6 is 15.9 Å². The zero-order valence-corrected chi connectivity index (χ0v) is 13.1. The molecular formula is C15H21BrFNO. The van der Waals surface area contributed by atoms with Crippen LogP contribution in [-0.2, 0) is 6.42 Å². The van der Waals surface area contributed by atoms with E-state index in [9.17, 15) is 9.50 Å². The number of hydrogen-bond acceptors (Lipinski definition) is 2. The molecule has 1 aromatic rings. The zero-order valence-electron chi connectivity index (χ0n) is 11.5. The van der Waals surface area contributed by atoms with Crippen LogP contribution in [0.15, 0.2) is 22.7 Å². The lowest BCUT2D eigenvalue weighted by atomic mass is 9.90. The van der Waals surface area contributed by atoms with Gasteiger partial charge in [-0.05, 0) is 57.5 Å². The van der Waals surface area contributed by atoms with Crippen molar-refractivity contribution in [1.29, 1.82) is 0 Å². The van der Waals surface area contributed by atoms with Crippen molar-refractivity contribution >= 4 is 15.9 Å². The molecule has 4 heteroatoms. The Balaban J connectivity index is 2.09. The van der Waals surface area contributed by atoms with Gasteiger partial charge in [-0.2, -0.15) is 0 Å². The number of benzene rings is 1. The topological polar surface area (TPSA) is 23.5 Å². The van der Waals surface area contributed by atoms with Crippen molar-refractivity contribution in [1.82, 2.24) is 4.90 Å². The van der Waals surface area contributed by atoms with E-state index in [1.807, 2.05) is 0 Å². The van der Waals surface area contributed by atoms with Gasteiger partial charge in [-0.25, -0.2) is 4.39 Å². The second-order valence-corrected chi connectivity index (χ2v) is 6.66. The normalized spacial score (nSPS) is 18.8. The van der Waals surface area contributed by atoms with Crippen molar-refractivity contribution in [3.05, 3.63) is 34.1 Å². The van der Waals surface area contributed by atoms with E-state index in [4.69, 9.17) is 0 Å². The lowest BCUT2D eigenvalue weighted by molar-refractivity contribution is 0.00328. The monoisotopic (exact) mass is 329 g/mol. The summed E-state index contributed by atoms with van der Waals surface area (Å²) in [6, 6.07) is 4.63. The van der Waals surface area contributed by atoms with E-state index in [2.05, 4.69) is 34.7 Å². The number of hydrogen-bond donors (Lipinski definition) is 1. The molecule has 0 spiro atoms. The summed E-state index contributed by atoms with van der Waals surface area (Å²) in [6.07, 6.45) is 2.48. The third kappa shape index (κ3) is 3.36. The van der Waals surface area contributed by atoms with Crippen molar-refractivity contribution in [2.24, 2.45) is 0 Å². The Morgan fingerprint density at radius 3 is 2.58 bits per heavy atom. The molecule has 0 saturated carbocycles. The summed E-state index contributed by atoms with van der Waals surface area (Å²) >= 11 is 3.36. The molecule has 0 aromatic heterocycles. The molecule has 1 fully saturated rings. The summed E-state index contributed by atoms with van der Waals surface area (Å²) < 4.78 is 13.8. The number of aliphatic hydroxyl groups is 1. The highest BCUT2D eigenvalue weighted by molar-refractivity contribution is 9.10. The predicted molar refractivity (Wildman–Crippen MR) is 78.7 cm³/mol. The smallest absolute Gasteiger partial charge is 0.124 e. The van der Waals surface area contributed by atoms with Crippen molar-refractivity contribution in [3.8, 4) is 0 Å². The molecule has 0 aliphatic carbocycles. The first-order chi connectivity index (χ1) is 8.91. The maximum Gasteiger partial charge on any atom is 0.124 e. The number of rotatable bonds is 4.